The van der Waals surface area contributed by atoms with E-state index in [1.165, 1.54) is 4.31 Å². The van der Waals surface area contributed by atoms with Crippen LogP contribution < -0.4 is 9.47 Å². The maximum absolute atomic E-state index is 12.9. The molecule has 0 aliphatic carbocycles. The van der Waals surface area contributed by atoms with Gasteiger partial charge in [0.1, 0.15) is 16.7 Å². The summed E-state index contributed by atoms with van der Waals surface area (Å²) in [6, 6.07) is 8.78. The molecule has 0 atom stereocenters. The number of hydrogen-bond donors (Lipinski definition) is 0. The molecular weight excluding hydrogens is 342 g/mol. The number of sulfonamides is 1. The predicted octanol–water partition coefficient (Wildman–Crippen LogP) is 2.11. The first-order chi connectivity index (χ1) is 12.1. The van der Waals surface area contributed by atoms with E-state index in [-0.39, 0.29) is 11.0 Å². The average Bonchev–Trinajstić information content (AvgIpc) is 2.64. The summed E-state index contributed by atoms with van der Waals surface area (Å²) in [5.41, 5.74) is 0. The predicted molar refractivity (Wildman–Crippen MR) is 92.1 cm³/mol. The van der Waals surface area contributed by atoms with Crippen molar-refractivity contribution in [2.75, 3.05) is 19.7 Å². The minimum Gasteiger partial charge on any atom is -0.492 e. The van der Waals surface area contributed by atoms with Crippen molar-refractivity contribution in [1.82, 2.24) is 14.3 Å². The van der Waals surface area contributed by atoms with Crippen LogP contribution in [0.15, 0.2) is 47.6 Å². The van der Waals surface area contributed by atoms with Gasteiger partial charge in [-0.25, -0.2) is 18.4 Å². The fourth-order valence-electron chi connectivity index (χ4n) is 2.76. The van der Waals surface area contributed by atoms with Gasteiger partial charge in [0.2, 0.25) is 10.0 Å². The minimum atomic E-state index is -3.59. The molecule has 0 amide bonds. The van der Waals surface area contributed by atoms with E-state index in [2.05, 4.69) is 9.97 Å². The zero-order valence-corrected chi connectivity index (χ0v) is 14.9. The molecule has 2 heterocycles. The lowest BCUT2D eigenvalue weighted by Crippen LogP contribution is -2.42. The summed E-state index contributed by atoms with van der Waals surface area (Å²) < 4.78 is 38.5. The lowest BCUT2D eigenvalue weighted by atomic mass is 10.1. The average molecular weight is 363 g/mol. The van der Waals surface area contributed by atoms with Crippen LogP contribution >= 0.6 is 0 Å². The highest BCUT2D eigenvalue weighted by Gasteiger charge is 2.32. The van der Waals surface area contributed by atoms with Crippen LogP contribution in [0.2, 0.25) is 0 Å². The van der Waals surface area contributed by atoms with Crippen LogP contribution in [0.4, 0.5) is 0 Å². The Morgan fingerprint density at radius 2 is 1.80 bits per heavy atom. The highest BCUT2D eigenvalue weighted by atomic mass is 32.2. The normalized spacial score (nSPS) is 16.5. The van der Waals surface area contributed by atoms with E-state index in [0.717, 1.165) is 0 Å². The molecule has 25 heavy (non-hydrogen) atoms. The topological polar surface area (TPSA) is 81.6 Å². The lowest BCUT2D eigenvalue weighted by molar-refractivity contribution is 0.124. The van der Waals surface area contributed by atoms with Crippen LogP contribution in [0.3, 0.4) is 0 Å². The third-order valence-electron chi connectivity index (χ3n) is 3.98. The van der Waals surface area contributed by atoms with Gasteiger partial charge in [0.15, 0.2) is 0 Å². The van der Waals surface area contributed by atoms with Gasteiger partial charge in [-0.1, -0.05) is 12.1 Å². The third-order valence-corrected chi connectivity index (χ3v) is 5.92. The molecule has 3 rings (SSSR count). The second-order valence-corrected chi connectivity index (χ2v) is 7.54. The SMILES string of the molecule is CCOc1ccccc1S(=O)(=O)N1CCC(Oc2ncccn2)CC1. The van der Waals surface area contributed by atoms with Crippen LogP contribution in [0.25, 0.3) is 0 Å². The van der Waals surface area contributed by atoms with E-state index in [0.29, 0.717) is 44.3 Å². The first kappa shape index (κ1) is 17.6. The van der Waals surface area contributed by atoms with E-state index < -0.39 is 10.0 Å². The third kappa shape index (κ3) is 4.08. The number of para-hydroxylation sites is 1. The Hall–Kier alpha value is -2.19. The van der Waals surface area contributed by atoms with E-state index in [4.69, 9.17) is 9.47 Å². The van der Waals surface area contributed by atoms with Crippen molar-refractivity contribution in [1.29, 1.82) is 0 Å². The molecule has 0 bridgehead atoms. The van der Waals surface area contributed by atoms with Crippen molar-refractivity contribution in [3.8, 4) is 11.8 Å². The summed E-state index contributed by atoms with van der Waals surface area (Å²) in [7, 11) is -3.59. The summed E-state index contributed by atoms with van der Waals surface area (Å²) in [5.74, 6) is 0.390. The molecule has 0 saturated carbocycles. The Kier molecular flexibility index (Phi) is 5.50. The van der Waals surface area contributed by atoms with Gasteiger partial charge in [0, 0.05) is 25.5 Å². The molecule has 1 saturated heterocycles. The maximum Gasteiger partial charge on any atom is 0.316 e. The van der Waals surface area contributed by atoms with Crippen LogP contribution in [0, 0.1) is 0 Å². The molecule has 1 fully saturated rings. The molecule has 0 unspecified atom stereocenters. The molecule has 134 valence electrons. The van der Waals surface area contributed by atoms with Gasteiger partial charge in [0.05, 0.1) is 6.61 Å². The smallest absolute Gasteiger partial charge is 0.316 e. The van der Waals surface area contributed by atoms with Gasteiger partial charge in [-0.15, -0.1) is 0 Å². The van der Waals surface area contributed by atoms with Crippen LogP contribution in [-0.2, 0) is 10.0 Å². The number of aromatic nitrogens is 2. The van der Waals surface area contributed by atoms with Gasteiger partial charge >= 0.3 is 6.01 Å². The van der Waals surface area contributed by atoms with Gasteiger partial charge in [-0.05, 0) is 38.0 Å². The molecule has 2 aromatic rings. The number of hydrogen-bond acceptors (Lipinski definition) is 6. The zero-order valence-electron chi connectivity index (χ0n) is 14.0. The quantitative estimate of drug-likeness (QED) is 0.782. The standard InChI is InChI=1S/C17H21N3O4S/c1-2-23-15-6-3-4-7-16(15)25(21,22)20-12-8-14(9-13-20)24-17-18-10-5-11-19-17/h3-7,10-11,14H,2,8-9,12-13H2,1H3. The highest BCUT2D eigenvalue weighted by Crippen LogP contribution is 2.29. The Labute approximate surface area is 147 Å². The van der Waals surface area contributed by atoms with E-state index in [9.17, 15) is 8.42 Å². The van der Waals surface area contributed by atoms with Gasteiger partial charge in [0.25, 0.3) is 0 Å². The molecule has 1 aliphatic heterocycles. The van der Waals surface area contributed by atoms with Crippen LogP contribution in [-0.4, -0.2) is 48.5 Å². The van der Waals surface area contributed by atoms with Crippen molar-refractivity contribution in [3.05, 3.63) is 42.7 Å². The molecule has 0 radical (unpaired) electrons. The Morgan fingerprint density at radius 3 is 2.48 bits per heavy atom. The number of ether oxygens (including phenoxy) is 2. The number of rotatable bonds is 6. The molecule has 7 nitrogen and oxygen atoms in total. The van der Waals surface area contributed by atoms with Crippen molar-refractivity contribution >= 4 is 10.0 Å². The molecule has 1 aromatic carbocycles. The zero-order chi connectivity index (χ0) is 17.7. The molecule has 1 aliphatic rings. The lowest BCUT2D eigenvalue weighted by Gasteiger charge is -2.31. The Bertz CT molecular complexity index is 791. The van der Waals surface area contributed by atoms with Crippen molar-refractivity contribution < 1.29 is 17.9 Å². The minimum absolute atomic E-state index is 0.0871. The fourth-order valence-corrected chi connectivity index (χ4v) is 4.36. The summed E-state index contributed by atoms with van der Waals surface area (Å²) in [6.45, 7) is 3.03. The largest absolute Gasteiger partial charge is 0.492 e. The van der Waals surface area contributed by atoms with Gasteiger partial charge < -0.3 is 9.47 Å². The molecule has 0 N–H and O–H groups in total. The van der Waals surface area contributed by atoms with Crippen LogP contribution in [0.5, 0.6) is 11.8 Å². The summed E-state index contributed by atoms with van der Waals surface area (Å²) >= 11 is 0. The molecule has 1 aromatic heterocycles. The Morgan fingerprint density at radius 1 is 1.12 bits per heavy atom. The molecular formula is C17H21N3O4S. The monoisotopic (exact) mass is 363 g/mol. The van der Waals surface area contributed by atoms with E-state index in [1.807, 2.05) is 6.92 Å². The summed E-state index contributed by atoms with van der Waals surface area (Å²) in [6.07, 6.45) is 4.33. The highest BCUT2D eigenvalue weighted by molar-refractivity contribution is 7.89. The number of piperidine rings is 1. The van der Waals surface area contributed by atoms with E-state index in [1.54, 1.807) is 42.7 Å². The molecule has 8 heteroatoms. The van der Waals surface area contributed by atoms with Crippen molar-refractivity contribution in [2.24, 2.45) is 0 Å². The Balaban J connectivity index is 1.68. The number of nitrogens with zero attached hydrogens (tertiary/aromatic N) is 3. The second-order valence-electron chi connectivity index (χ2n) is 5.63. The van der Waals surface area contributed by atoms with Crippen molar-refractivity contribution in [3.63, 3.8) is 0 Å². The first-order valence-electron chi connectivity index (χ1n) is 8.27. The first-order valence-corrected chi connectivity index (χ1v) is 9.71. The van der Waals surface area contributed by atoms with Gasteiger partial charge in [-0.2, -0.15) is 4.31 Å². The molecule has 0 spiro atoms. The van der Waals surface area contributed by atoms with Crippen molar-refractivity contribution in [2.45, 2.75) is 30.8 Å². The van der Waals surface area contributed by atoms with E-state index >= 15 is 0 Å². The van der Waals surface area contributed by atoms with Crippen LogP contribution in [0.1, 0.15) is 19.8 Å². The van der Waals surface area contributed by atoms with Gasteiger partial charge in [-0.3, -0.25) is 0 Å². The summed E-state index contributed by atoms with van der Waals surface area (Å²) in [5, 5.41) is 0. The summed E-state index contributed by atoms with van der Waals surface area (Å²) in [4.78, 5) is 8.29. The maximum atomic E-state index is 12.9. The second kappa shape index (κ2) is 7.79. The number of benzene rings is 1. The fraction of sp³-hybridized carbons (Fsp3) is 0.412.